The van der Waals surface area contributed by atoms with Crippen LogP contribution in [0.2, 0.25) is 0 Å². The molecule has 6 nitrogen and oxygen atoms in total. The van der Waals surface area contributed by atoms with Gasteiger partial charge in [-0.2, -0.15) is 13.2 Å². The van der Waals surface area contributed by atoms with E-state index < -0.39 is 11.7 Å². The van der Waals surface area contributed by atoms with Crippen LogP contribution >= 0.6 is 0 Å². The Morgan fingerprint density at radius 1 is 0.359 bits per heavy atom. The third kappa shape index (κ3) is 9.31. The molecule has 8 aromatic carbocycles. The summed E-state index contributed by atoms with van der Waals surface area (Å²) < 4.78 is 49.9. The van der Waals surface area contributed by atoms with Crippen molar-refractivity contribution in [3.8, 4) is 56.7 Å². The molecule has 11 aromatic rings. The molecular weight excluding hydrogens is 970 g/mol. The fraction of sp³-hybridized carbons (Fsp3) is 0.246. The number of alkyl halides is 3. The number of fused-ring (bicyclic) bond motifs is 6. The van der Waals surface area contributed by atoms with Crippen LogP contribution in [0.15, 0.2) is 164 Å². The summed E-state index contributed by atoms with van der Waals surface area (Å²) in [6, 6.07) is 53.4. The average molecular weight is 1030 g/mol. The van der Waals surface area contributed by atoms with Gasteiger partial charge in [-0.05, 0) is 134 Å². The van der Waals surface area contributed by atoms with Crippen molar-refractivity contribution in [1.82, 2.24) is 24.1 Å². The molecule has 0 aliphatic rings. The predicted octanol–water partition coefficient (Wildman–Crippen LogP) is 19.5. The second kappa shape index (κ2) is 18.4. The van der Waals surface area contributed by atoms with Crippen molar-refractivity contribution in [1.29, 1.82) is 0 Å². The number of hydrogen-bond donors (Lipinski definition) is 0. The van der Waals surface area contributed by atoms with Crippen molar-refractivity contribution in [3.05, 3.63) is 203 Å². The number of rotatable bonds is 6. The molecule has 0 fully saturated rings. The molecule has 0 aliphatic carbocycles. The van der Waals surface area contributed by atoms with E-state index in [1.807, 2.05) is 71.3 Å². The van der Waals surface area contributed by atoms with Crippen LogP contribution in [0.4, 0.5) is 18.9 Å². The fourth-order valence-corrected chi connectivity index (χ4v) is 10.7. The van der Waals surface area contributed by atoms with Gasteiger partial charge in [-0.3, -0.25) is 0 Å². The second-order valence-corrected chi connectivity index (χ2v) is 24.9. The zero-order valence-electron chi connectivity index (χ0n) is 46.4. The maximum absolute atomic E-state index is 15.2. The lowest BCUT2D eigenvalue weighted by Gasteiger charge is -2.20. The van der Waals surface area contributed by atoms with Crippen LogP contribution in [0, 0.1) is 6.57 Å². The molecule has 0 saturated heterocycles. The molecule has 0 bridgehead atoms. The molecule has 3 aromatic heterocycles. The highest BCUT2D eigenvalue weighted by Gasteiger charge is 2.33. The Kier molecular flexibility index (Phi) is 12.2. The summed E-state index contributed by atoms with van der Waals surface area (Å²) in [6.45, 7) is 34.0. The number of benzene rings is 8. The normalized spacial score (nSPS) is 12.8. The first-order valence-electron chi connectivity index (χ1n) is 26.6. The van der Waals surface area contributed by atoms with Gasteiger partial charge in [-0.15, -0.1) is 0 Å². The smallest absolute Gasteiger partial charge is 0.309 e. The standard InChI is InChI=1S/C69H63F3N6/c1-65(2,3)44-23-31-56-51(36-44)52-37-45(66(4,5)6)24-32-57(52)77(56)60-30-21-43(41-19-27-49(73-13)28-20-41)35-55(60)64-75-62(42-17-15-14-16-18-42)74-63(76-64)50-29-22-48(69(70,71)72)40-61(50)78-58-33-25-46(67(7,8)9)38-53(58)54-39-47(68(10,11)12)26-34-59(54)78/h14-40H,1-12H3. The van der Waals surface area contributed by atoms with Crippen molar-refractivity contribution in [2.45, 2.75) is 111 Å². The first-order valence-corrected chi connectivity index (χ1v) is 26.6. The van der Waals surface area contributed by atoms with Gasteiger partial charge in [0.2, 0.25) is 0 Å². The van der Waals surface area contributed by atoms with E-state index in [-0.39, 0.29) is 33.2 Å². The summed E-state index contributed by atoms with van der Waals surface area (Å²) in [4.78, 5) is 19.6. The highest BCUT2D eigenvalue weighted by Crippen LogP contribution is 2.45. The number of aromatic nitrogens is 5. The van der Waals surface area contributed by atoms with Gasteiger partial charge in [0.1, 0.15) is 0 Å². The fourth-order valence-electron chi connectivity index (χ4n) is 10.7. The van der Waals surface area contributed by atoms with Gasteiger partial charge in [0.15, 0.2) is 23.2 Å². The lowest BCUT2D eigenvalue weighted by molar-refractivity contribution is -0.137. The molecule has 3 heterocycles. The van der Waals surface area contributed by atoms with Crippen molar-refractivity contribution >= 4 is 49.3 Å². The summed E-state index contributed by atoms with van der Waals surface area (Å²) in [5.74, 6) is 0.900. The molecule has 0 saturated carbocycles. The lowest BCUT2D eigenvalue weighted by atomic mass is 9.85. The third-order valence-corrected chi connectivity index (χ3v) is 15.3. The zero-order valence-corrected chi connectivity index (χ0v) is 46.4. The minimum atomic E-state index is -4.66. The van der Waals surface area contributed by atoms with Gasteiger partial charge in [0.05, 0.1) is 45.6 Å². The van der Waals surface area contributed by atoms with E-state index >= 15 is 13.2 Å². The molecule has 0 amide bonds. The van der Waals surface area contributed by atoms with Gasteiger partial charge in [0.25, 0.3) is 0 Å². The van der Waals surface area contributed by atoms with E-state index in [4.69, 9.17) is 21.5 Å². The summed E-state index contributed by atoms with van der Waals surface area (Å²) >= 11 is 0. The molecule has 0 atom stereocenters. The van der Waals surface area contributed by atoms with E-state index in [1.165, 1.54) is 23.3 Å². The largest absolute Gasteiger partial charge is 0.416 e. The van der Waals surface area contributed by atoms with Gasteiger partial charge in [-0.25, -0.2) is 19.8 Å². The van der Waals surface area contributed by atoms with E-state index in [1.54, 1.807) is 0 Å². The molecule has 78 heavy (non-hydrogen) atoms. The zero-order chi connectivity index (χ0) is 55.4. The molecule has 11 rings (SSSR count). The summed E-state index contributed by atoms with van der Waals surface area (Å²) in [7, 11) is 0. The van der Waals surface area contributed by atoms with E-state index in [9.17, 15) is 0 Å². The number of halogens is 3. The van der Waals surface area contributed by atoms with Crippen LogP contribution in [-0.4, -0.2) is 24.1 Å². The summed E-state index contributed by atoms with van der Waals surface area (Å²) in [5.41, 5.74) is 11.9. The van der Waals surface area contributed by atoms with Crippen molar-refractivity contribution in [3.63, 3.8) is 0 Å². The summed E-state index contributed by atoms with van der Waals surface area (Å²) in [6.07, 6.45) is -4.66. The Balaban J connectivity index is 1.25. The van der Waals surface area contributed by atoms with Crippen molar-refractivity contribution < 1.29 is 13.2 Å². The second-order valence-electron chi connectivity index (χ2n) is 24.9. The molecule has 9 heteroatoms. The predicted molar refractivity (Wildman–Crippen MR) is 316 cm³/mol. The molecular formula is C69H63F3N6. The molecule has 0 aliphatic heterocycles. The maximum atomic E-state index is 15.2. The Labute approximate surface area is 455 Å². The first kappa shape index (κ1) is 51.7. The van der Waals surface area contributed by atoms with Crippen molar-refractivity contribution in [2.75, 3.05) is 0 Å². The number of hydrogen-bond acceptors (Lipinski definition) is 3. The molecule has 0 unspecified atom stereocenters. The molecule has 390 valence electrons. The van der Waals surface area contributed by atoms with Crippen LogP contribution in [-0.2, 0) is 27.8 Å². The van der Waals surface area contributed by atoms with Crippen LogP contribution in [0.5, 0.6) is 0 Å². The van der Waals surface area contributed by atoms with Gasteiger partial charge >= 0.3 is 6.18 Å². The van der Waals surface area contributed by atoms with E-state index in [0.29, 0.717) is 34.0 Å². The average Bonchev–Trinajstić information content (AvgIpc) is 4.15. The number of nitrogens with zero attached hydrogens (tertiary/aromatic N) is 6. The minimum Gasteiger partial charge on any atom is -0.309 e. The Bertz CT molecular complexity index is 4080. The Morgan fingerprint density at radius 2 is 0.756 bits per heavy atom. The van der Waals surface area contributed by atoms with Gasteiger partial charge < -0.3 is 9.13 Å². The Morgan fingerprint density at radius 3 is 1.18 bits per heavy atom. The van der Waals surface area contributed by atoms with Crippen LogP contribution in [0.25, 0.3) is 105 Å². The van der Waals surface area contributed by atoms with E-state index in [2.05, 4.69) is 171 Å². The molecule has 0 N–H and O–H groups in total. The SMILES string of the molecule is [C-]#[N+]c1ccc(-c2ccc(-n3c4ccc(C(C)(C)C)cc4c4cc(C(C)(C)C)ccc43)c(-c3nc(-c4ccccc4)nc(-c4ccc(C(F)(F)F)cc4-n4c5ccc(C(C)(C)C)cc5c5cc(C(C)(C)C)ccc54)n3)c2)cc1. The first-order chi connectivity index (χ1) is 36.8. The topological polar surface area (TPSA) is 52.9 Å². The molecule has 0 radical (unpaired) electrons. The summed E-state index contributed by atoms with van der Waals surface area (Å²) in [5, 5.41) is 4.10. The highest BCUT2D eigenvalue weighted by atomic mass is 19.4. The van der Waals surface area contributed by atoms with Crippen LogP contribution in [0.1, 0.15) is 111 Å². The quantitative estimate of drug-likeness (QED) is 0.156. The van der Waals surface area contributed by atoms with Gasteiger partial charge in [-0.1, -0.05) is 168 Å². The molecule has 0 spiro atoms. The Hall–Kier alpha value is -8.35. The highest BCUT2D eigenvalue weighted by molar-refractivity contribution is 6.11. The lowest BCUT2D eigenvalue weighted by Crippen LogP contribution is -2.11. The van der Waals surface area contributed by atoms with Crippen molar-refractivity contribution in [2.24, 2.45) is 0 Å². The van der Waals surface area contributed by atoms with Crippen LogP contribution in [0.3, 0.4) is 0 Å². The van der Waals surface area contributed by atoms with E-state index in [0.717, 1.165) is 77.6 Å². The third-order valence-electron chi connectivity index (χ3n) is 15.3. The maximum Gasteiger partial charge on any atom is 0.416 e. The minimum absolute atomic E-state index is 0.115. The van der Waals surface area contributed by atoms with Crippen LogP contribution < -0.4 is 0 Å². The van der Waals surface area contributed by atoms with Gasteiger partial charge in [0, 0.05) is 38.2 Å². The monoisotopic (exact) mass is 1030 g/mol.